The van der Waals surface area contributed by atoms with Gasteiger partial charge in [0, 0.05) is 16.1 Å². The molecular weight excluding hydrogens is 365 g/mol. The topological polar surface area (TPSA) is 74.7 Å². The highest BCUT2D eigenvalue weighted by molar-refractivity contribution is 9.10. The first-order chi connectivity index (χ1) is 9.62. The van der Waals surface area contributed by atoms with Crippen LogP contribution in [0.2, 0.25) is 0 Å². The minimum atomic E-state index is -4.22. The zero-order valence-corrected chi connectivity index (χ0v) is 14.3. The van der Waals surface area contributed by atoms with Gasteiger partial charge >= 0.3 is 5.97 Å². The monoisotopic (exact) mass is 381 g/mol. The summed E-state index contributed by atoms with van der Waals surface area (Å²) in [5, 5.41) is 8.90. The molecule has 0 bridgehead atoms. The van der Waals surface area contributed by atoms with E-state index in [1.807, 2.05) is 0 Å². The maximum Gasteiger partial charge on any atom is 0.318 e. The second-order valence-electron chi connectivity index (χ2n) is 4.69. The third-order valence-corrected chi connectivity index (χ3v) is 6.08. The van der Waals surface area contributed by atoms with Crippen LogP contribution in [0.25, 0.3) is 0 Å². The molecule has 0 aliphatic rings. The quantitative estimate of drug-likeness (QED) is 0.821. The lowest BCUT2D eigenvalue weighted by atomic mass is 10.2. The van der Waals surface area contributed by atoms with E-state index in [1.54, 1.807) is 13.8 Å². The van der Waals surface area contributed by atoms with Crippen LogP contribution in [0.1, 0.15) is 25.8 Å². The van der Waals surface area contributed by atoms with Gasteiger partial charge in [0.15, 0.2) is 0 Å². The molecule has 1 rings (SSSR count). The summed E-state index contributed by atoms with van der Waals surface area (Å²) in [5.41, 5.74) is 0.163. The highest BCUT2D eigenvalue weighted by Crippen LogP contribution is 2.28. The Morgan fingerprint density at radius 3 is 2.52 bits per heavy atom. The molecular formula is C13H17BrFNO4S. The number of carbonyl (C=O) groups is 1. The van der Waals surface area contributed by atoms with Crippen molar-refractivity contribution in [3.05, 3.63) is 28.0 Å². The lowest BCUT2D eigenvalue weighted by Gasteiger charge is -2.26. The minimum Gasteiger partial charge on any atom is -0.480 e. The van der Waals surface area contributed by atoms with Crippen LogP contribution >= 0.6 is 15.9 Å². The number of carboxylic acids is 1. The van der Waals surface area contributed by atoms with Crippen LogP contribution in [0.15, 0.2) is 21.5 Å². The molecule has 0 saturated carbocycles. The average Bonchev–Trinajstić information content (AvgIpc) is 2.40. The Balaban J connectivity index is 3.42. The van der Waals surface area contributed by atoms with E-state index in [0.29, 0.717) is 10.9 Å². The minimum absolute atomic E-state index is 0.163. The van der Waals surface area contributed by atoms with Crippen LogP contribution < -0.4 is 0 Å². The van der Waals surface area contributed by atoms with Crippen molar-refractivity contribution in [3.63, 3.8) is 0 Å². The van der Waals surface area contributed by atoms with Gasteiger partial charge in [-0.05, 0) is 32.4 Å². The molecule has 21 heavy (non-hydrogen) atoms. The van der Waals surface area contributed by atoms with Crippen LogP contribution in [-0.4, -0.2) is 36.4 Å². The van der Waals surface area contributed by atoms with Gasteiger partial charge in [0.2, 0.25) is 10.0 Å². The molecule has 0 amide bonds. The lowest BCUT2D eigenvalue weighted by Crippen LogP contribution is -2.42. The van der Waals surface area contributed by atoms with Crippen molar-refractivity contribution in [3.8, 4) is 0 Å². The molecule has 118 valence electrons. The van der Waals surface area contributed by atoms with E-state index in [2.05, 4.69) is 15.9 Å². The van der Waals surface area contributed by atoms with Crippen molar-refractivity contribution in [2.45, 2.75) is 38.1 Å². The SMILES string of the molecule is CCC(C)N(CC(=O)O)S(=O)(=O)c1ccc(Br)c(C)c1F. The third-order valence-electron chi connectivity index (χ3n) is 3.25. The number of aliphatic carboxylic acids is 1. The Morgan fingerprint density at radius 1 is 1.48 bits per heavy atom. The molecule has 1 aromatic rings. The van der Waals surface area contributed by atoms with Gasteiger partial charge in [-0.1, -0.05) is 22.9 Å². The fraction of sp³-hybridized carbons (Fsp3) is 0.462. The van der Waals surface area contributed by atoms with Crippen LogP contribution in [-0.2, 0) is 14.8 Å². The van der Waals surface area contributed by atoms with Gasteiger partial charge in [-0.15, -0.1) is 0 Å². The molecule has 5 nitrogen and oxygen atoms in total. The zero-order chi connectivity index (χ0) is 16.4. The smallest absolute Gasteiger partial charge is 0.318 e. The lowest BCUT2D eigenvalue weighted by molar-refractivity contribution is -0.137. The first kappa shape index (κ1) is 18.1. The molecule has 8 heteroatoms. The van der Waals surface area contributed by atoms with E-state index in [9.17, 15) is 17.6 Å². The molecule has 1 atom stereocenters. The average molecular weight is 382 g/mol. The third kappa shape index (κ3) is 3.81. The number of carboxylic acid groups (broad SMARTS) is 1. The summed E-state index contributed by atoms with van der Waals surface area (Å²) in [6.07, 6.45) is 0.420. The molecule has 0 aliphatic heterocycles. The van der Waals surface area contributed by atoms with Crippen LogP contribution in [0.4, 0.5) is 4.39 Å². The normalized spacial score (nSPS) is 13.4. The summed E-state index contributed by atoms with van der Waals surface area (Å²) in [6.45, 7) is 4.07. The predicted octanol–water partition coefficient (Wildman–Crippen LogP) is 2.77. The Labute approximate surface area is 131 Å². The first-order valence-corrected chi connectivity index (χ1v) is 8.54. The first-order valence-electron chi connectivity index (χ1n) is 6.31. The van der Waals surface area contributed by atoms with Gasteiger partial charge in [0.25, 0.3) is 0 Å². The summed E-state index contributed by atoms with van der Waals surface area (Å²) >= 11 is 3.12. The summed E-state index contributed by atoms with van der Waals surface area (Å²) in [7, 11) is -4.22. The van der Waals surface area contributed by atoms with Crippen LogP contribution in [0, 0.1) is 12.7 Å². The van der Waals surface area contributed by atoms with Gasteiger partial charge in [-0.2, -0.15) is 4.31 Å². The predicted molar refractivity (Wildman–Crippen MR) is 80.1 cm³/mol. The molecule has 0 aromatic heterocycles. The van der Waals surface area contributed by atoms with Gasteiger partial charge < -0.3 is 5.11 Å². The van der Waals surface area contributed by atoms with E-state index in [1.165, 1.54) is 13.0 Å². The van der Waals surface area contributed by atoms with Crippen molar-refractivity contribution in [1.82, 2.24) is 4.31 Å². The van der Waals surface area contributed by atoms with Crippen LogP contribution in [0.5, 0.6) is 0 Å². The van der Waals surface area contributed by atoms with Crippen molar-refractivity contribution in [2.75, 3.05) is 6.54 Å². The molecule has 0 spiro atoms. The molecule has 1 unspecified atom stereocenters. The molecule has 0 fully saturated rings. The molecule has 0 saturated heterocycles. The number of halogens is 2. The summed E-state index contributed by atoms with van der Waals surface area (Å²) < 4.78 is 40.6. The second kappa shape index (κ2) is 6.85. The molecule has 1 aromatic carbocycles. The van der Waals surface area contributed by atoms with E-state index in [4.69, 9.17) is 5.11 Å². The Kier molecular flexibility index (Phi) is 5.89. The van der Waals surface area contributed by atoms with E-state index in [-0.39, 0.29) is 5.56 Å². The number of nitrogens with zero attached hydrogens (tertiary/aromatic N) is 1. The Morgan fingerprint density at radius 2 is 2.05 bits per heavy atom. The van der Waals surface area contributed by atoms with Crippen molar-refractivity contribution >= 4 is 31.9 Å². The number of benzene rings is 1. The fourth-order valence-corrected chi connectivity index (χ4v) is 3.86. The summed E-state index contributed by atoms with van der Waals surface area (Å²) in [4.78, 5) is 10.4. The number of rotatable bonds is 6. The zero-order valence-electron chi connectivity index (χ0n) is 11.9. The van der Waals surface area contributed by atoms with Crippen molar-refractivity contribution in [2.24, 2.45) is 0 Å². The van der Waals surface area contributed by atoms with Crippen molar-refractivity contribution in [1.29, 1.82) is 0 Å². The number of sulfonamides is 1. The molecule has 0 heterocycles. The maximum atomic E-state index is 14.2. The fourth-order valence-electron chi connectivity index (χ4n) is 1.78. The van der Waals surface area contributed by atoms with E-state index < -0.39 is 39.3 Å². The van der Waals surface area contributed by atoms with Gasteiger partial charge in [0.1, 0.15) is 17.3 Å². The van der Waals surface area contributed by atoms with E-state index >= 15 is 0 Å². The van der Waals surface area contributed by atoms with E-state index in [0.717, 1.165) is 10.4 Å². The molecule has 0 aliphatic carbocycles. The Hall–Kier alpha value is -0.990. The summed E-state index contributed by atoms with van der Waals surface area (Å²) in [5.74, 6) is -2.16. The van der Waals surface area contributed by atoms with Gasteiger partial charge in [-0.3, -0.25) is 4.79 Å². The number of hydrogen-bond acceptors (Lipinski definition) is 3. The van der Waals surface area contributed by atoms with Gasteiger partial charge in [-0.25, -0.2) is 12.8 Å². The number of hydrogen-bond donors (Lipinski definition) is 1. The second-order valence-corrected chi connectivity index (χ2v) is 7.40. The standard InChI is InChI=1S/C13H17BrFNO4S/c1-4-8(2)16(7-12(17)18)21(19,20)11-6-5-10(14)9(3)13(11)15/h5-6,8H,4,7H2,1-3H3,(H,17,18). The highest BCUT2D eigenvalue weighted by atomic mass is 79.9. The van der Waals surface area contributed by atoms with Gasteiger partial charge in [0.05, 0.1) is 0 Å². The molecule has 0 radical (unpaired) electrons. The van der Waals surface area contributed by atoms with Crippen LogP contribution in [0.3, 0.4) is 0 Å². The highest BCUT2D eigenvalue weighted by Gasteiger charge is 2.33. The maximum absolute atomic E-state index is 14.2. The Bertz CT molecular complexity index is 648. The van der Waals surface area contributed by atoms with Crippen molar-refractivity contribution < 1.29 is 22.7 Å². The molecule has 1 N–H and O–H groups in total. The largest absolute Gasteiger partial charge is 0.480 e. The summed E-state index contributed by atoms with van der Waals surface area (Å²) in [6, 6.07) is 2.02.